The molecule has 3 aromatic rings. The van der Waals surface area contributed by atoms with Gasteiger partial charge >= 0.3 is 0 Å². The third-order valence-corrected chi connectivity index (χ3v) is 7.63. The number of rotatable bonds is 8. The van der Waals surface area contributed by atoms with Crippen LogP contribution in [0.25, 0.3) is 11.3 Å². The third-order valence-electron chi connectivity index (χ3n) is 7.39. The van der Waals surface area contributed by atoms with Crippen LogP contribution >= 0.6 is 11.6 Å². The number of benzene rings is 1. The molecule has 40 heavy (non-hydrogen) atoms. The maximum absolute atomic E-state index is 14.6. The molecule has 2 aromatic heterocycles. The van der Waals surface area contributed by atoms with Gasteiger partial charge in [0.25, 0.3) is 0 Å². The molecule has 210 valence electrons. The molecule has 2 aliphatic rings. The number of pyridine rings is 1. The number of likely N-dealkylation sites (tertiary alicyclic amines) is 1. The summed E-state index contributed by atoms with van der Waals surface area (Å²) in [5.41, 5.74) is 2.28. The molecule has 1 atom stereocenters. The number of likely N-dealkylation sites (N-methyl/N-ethyl adjacent to an activating group) is 1. The van der Waals surface area contributed by atoms with Crippen LogP contribution in [-0.2, 0) is 9.59 Å². The Hall–Kier alpha value is -3.67. The van der Waals surface area contributed by atoms with E-state index in [0.29, 0.717) is 59.4 Å². The van der Waals surface area contributed by atoms with Crippen LogP contribution in [-0.4, -0.2) is 88.5 Å². The molecule has 2 fully saturated rings. The average molecular weight is 567 g/mol. The third kappa shape index (κ3) is 6.55. The van der Waals surface area contributed by atoms with Crippen LogP contribution < -0.4 is 10.6 Å². The highest BCUT2D eigenvalue weighted by Gasteiger charge is 2.32. The van der Waals surface area contributed by atoms with Crippen molar-refractivity contribution in [1.82, 2.24) is 29.9 Å². The molecule has 2 N–H and O–H groups in total. The van der Waals surface area contributed by atoms with Crippen molar-refractivity contribution in [3.63, 3.8) is 0 Å². The molecule has 0 aliphatic carbocycles. The molecule has 0 bridgehead atoms. The molecule has 4 heterocycles. The molecule has 10 nitrogen and oxygen atoms in total. The Morgan fingerprint density at radius 3 is 2.65 bits per heavy atom. The maximum atomic E-state index is 14.6. The second kappa shape index (κ2) is 12.2. The first kappa shape index (κ1) is 27.9. The molecule has 0 saturated carbocycles. The Balaban J connectivity index is 1.35. The average Bonchev–Trinajstić information content (AvgIpc) is 3.27. The fourth-order valence-electron chi connectivity index (χ4n) is 4.97. The lowest BCUT2D eigenvalue weighted by atomic mass is 10.1. The van der Waals surface area contributed by atoms with E-state index < -0.39 is 5.82 Å². The molecule has 2 aliphatic heterocycles. The zero-order valence-electron chi connectivity index (χ0n) is 22.5. The minimum Gasteiger partial charge on any atom is -0.354 e. The maximum Gasteiger partial charge on any atom is 0.226 e. The van der Waals surface area contributed by atoms with E-state index in [1.54, 1.807) is 36.3 Å². The number of anilines is 3. The Morgan fingerprint density at radius 1 is 1.10 bits per heavy atom. The van der Waals surface area contributed by atoms with E-state index in [1.165, 1.54) is 18.2 Å². The summed E-state index contributed by atoms with van der Waals surface area (Å²) in [4.78, 5) is 35.4. The first-order chi connectivity index (χ1) is 19.3. The second-order valence-electron chi connectivity index (χ2n) is 10.2. The quantitative estimate of drug-likeness (QED) is 0.422. The molecule has 2 saturated heterocycles. The summed E-state index contributed by atoms with van der Waals surface area (Å²) < 4.78 is 14.6. The summed E-state index contributed by atoms with van der Waals surface area (Å²) in [7, 11) is 3.84. The van der Waals surface area contributed by atoms with Gasteiger partial charge in [0.2, 0.25) is 11.8 Å². The number of nitrogens with zero attached hydrogens (tertiary/aromatic N) is 6. The molecule has 1 unspecified atom stereocenters. The van der Waals surface area contributed by atoms with Crippen LogP contribution in [0.3, 0.4) is 0 Å². The highest BCUT2D eigenvalue weighted by atomic mass is 35.5. The summed E-state index contributed by atoms with van der Waals surface area (Å²) >= 11 is 6.12. The SMILES string of the molecule is CN1CCN(CCC(=O)Nc2cc(Nc3cc(-c4cc(Cl)ccc4F)nnc3C3CCC(=O)N3C)ccn2)CC1. The number of amides is 2. The van der Waals surface area contributed by atoms with Crippen molar-refractivity contribution in [3.8, 4) is 11.3 Å². The van der Waals surface area contributed by atoms with Crippen LogP contribution in [0.5, 0.6) is 0 Å². The minimum atomic E-state index is -0.476. The smallest absolute Gasteiger partial charge is 0.226 e. The van der Waals surface area contributed by atoms with Crippen LogP contribution in [0, 0.1) is 5.82 Å². The number of hydrogen-bond donors (Lipinski definition) is 2. The van der Waals surface area contributed by atoms with E-state index in [9.17, 15) is 14.0 Å². The first-order valence-electron chi connectivity index (χ1n) is 13.3. The summed E-state index contributed by atoms with van der Waals surface area (Å²) in [6, 6.07) is 9.15. The highest BCUT2D eigenvalue weighted by molar-refractivity contribution is 6.30. The van der Waals surface area contributed by atoms with E-state index in [4.69, 9.17) is 11.6 Å². The standard InChI is InChI=1S/C28H32ClFN8O2/c1-36-11-13-38(14-12-36)10-8-26(39)33-25-16-19(7-9-31-25)32-23-17-22(20-15-18(29)3-4-21(20)30)34-35-28(23)24-5-6-27(40)37(24)2/h3-4,7,9,15-17,24H,5-6,8,10-14H2,1-2H3,(H2,31,32,33,34,39). The number of hydrogen-bond acceptors (Lipinski definition) is 8. The number of nitrogens with one attached hydrogen (secondary N) is 2. The molecule has 5 rings (SSSR count). The van der Waals surface area contributed by atoms with Crippen molar-refractivity contribution < 1.29 is 14.0 Å². The number of carbonyl (C=O) groups excluding carboxylic acids is 2. The highest BCUT2D eigenvalue weighted by Crippen LogP contribution is 2.37. The minimum absolute atomic E-state index is 0.0215. The van der Waals surface area contributed by atoms with E-state index >= 15 is 0 Å². The largest absolute Gasteiger partial charge is 0.354 e. The van der Waals surface area contributed by atoms with Gasteiger partial charge in [0.1, 0.15) is 17.3 Å². The number of halogens is 2. The Kier molecular flexibility index (Phi) is 8.53. The summed E-state index contributed by atoms with van der Waals surface area (Å²) in [6.45, 7) is 4.59. The van der Waals surface area contributed by atoms with Gasteiger partial charge in [-0.1, -0.05) is 11.6 Å². The molecule has 12 heteroatoms. The lowest BCUT2D eigenvalue weighted by Crippen LogP contribution is -2.45. The predicted molar refractivity (Wildman–Crippen MR) is 152 cm³/mol. The zero-order chi connectivity index (χ0) is 28.2. The van der Waals surface area contributed by atoms with Gasteiger partial charge in [-0.25, -0.2) is 9.37 Å². The van der Waals surface area contributed by atoms with Gasteiger partial charge in [0, 0.05) is 81.1 Å². The van der Waals surface area contributed by atoms with Gasteiger partial charge in [-0.2, -0.15) is 5.10 Å². The van der Waals surface area contributed by atoms with Gasteiger partial charge in [0.05, 0.1) is 17.4 Å². The summed E-state index contributed by atoms with van der Waals surface area (Å²) in [6.07, 6.45) is 2.97. The zero-order valence-corrected chi connectivity index (χ0v) is 23.3. The second-order valence-corrected chi connectivity index (χ2v) is 10.6. The molecule has 2 amide bonds. The molecule has 0 radical (unpaired) electrons. The van der Waals surface area contributed by atoms with E-state index in [2.05, 4.69) is 42.7 Å². The number of carbonyl (C=O) groups is 2. The molecule has 1 aromatic carbocycles. The van der Waals surface area contributed by atoms with Gasteiger partial charge in [0.15, 0.2) is 0 Å². The summed E-state index contributed by atoms with van der Waals surface area (Å²) in [5.74, 6) is -0.157. The molecular formula is C28H32ClFN8O2. The molecule has 0 spiro atoms. The van der Waals surface area contributed by atoms with E-state index in [1.807, 2.05) is 0 Å². The van der Waals surface area contributed by atoms with Crippen molar-refractivity contribution in [2.75, 3.05) is 57.5 Å². The summed E-state index contributed by atoms with van der Waals surface area (Å²) in [5, 5.41) is 15.3. The normalized spacial score (nSPS) is 18.2. The topological polar surface area (TPSA) is 107 Å². The van der Waals surface area contributed by atoms with Crippen molar-refractivity contribution in [2.24, 2.45) is 0 Å². The van der Waals surface area contributed by atoms with Gasteiger partial charge < -0.3 is 25.3 Å². The Labute approximate surface area is 237 Å². The van der Waals surface area contributed by atoms with Crippen LogP contribution in [0.1, 0.15) is 31.0 Å². The Morgan fingerprint density at radius 2 is 1.90 bits per heavy atom. The van der Waals surface area contributed by atoms with Crippen LogP contribution in [0.15, 0.2) is 42.6 Å². The fraction of sp³-hybridized carbons (Fsp3) is 0.393. The van der Waals surface area contributed by atoms with Gasteiger partial charge in [-0.05, 0) is 43.8 Å². The van der Waals surface area contributed by atoms with Gasteiger partial charge in [-0.3, -0.25) is 9.59 Å². The monoisotopic (exact) mass is 566 g/mol. The van der Waals surface area contributed by atoms with E-state index in [0.717, 1.165) is 26.2 Å². The Bertz CT molecular complexity index is 1400. The van der Waals surface area contributed by atoms with Crippen LogP contribution in [0.4, 0.5) is 21.6 Å². The van der Waals surface area contributed by atoms with Crippen molar-refractivity contribution in [3.05, 3.63) is 59.1 Å². The number of piperazine rings is 1. The van der Waals surface area contributed by atoms with Crippen molar-refractivity contribution >= 4 is 40.6 Å². The van der Waals surface area contributed by atoms with Crippen LogP contribution in [0.2, 0.25) is 5.02 Å². The molecular weight excluding hydrogens is 535 g/mol. The van der Waals surface area contributed by atoms with Gasteiger partial charge in [-0.15, -0.1) is 5.10 Å². The predicted octanol–water partition coefficient (Wildman–Crippen LogP) is 3.94. The first-order valence-corrected chi connectivity index (χ1v) is 13.7. The number of aromatic nitrogens is 3. The fourth-order valence-corrected chi connectivity index (χ4v) is 5.14. The lowest BCUT2D eigenvalue weighted by Gasteiger charge is -2.32. The lowest BCUT2D eigenvalue weighted by molar-refractivity contribution is -0.127. The van der Waals surface area contributed by atoms with E-state index in [-0.39, 0.29) is 23.4 Å². The van der Waals surface area contributed by atoms with Crippen molar-refractivity contribution in [2.45, 2.75) is 25.3 Å². The van der Waals surface area contributed by atoms with Crippen molar-refractivity contribution in [1.29, 1.82) is 0 Å².